The lowest BCUT2D eigenvalue weighted by atomic mass is 9.94. The van der Waals surface area contributed by atoms with Gasteiger partial charge >= 0.3 is 0 Å². The molecule has 2 aromatic carbocycles. The van der Waals surface area contributed by atoms with Crippen molar-refractivity contribution in [3.63, 3.8) is 0 Å². The summed E-state index contributed by atoms with van der Waals surface area (Å²) in [4.78, 5) is 0. The Morgan fingerprint density at radius 1 is 0.850 bits per heavy atom. The summed E-state index contributed by atoms with van der Waals surface area (Å²) in [5, 5.41) is 0. The standard InChI is InChI=1S/C30H39NO9/c1-17-22(25-26(28(32-4)35-17)40-30(2,3)39-25)37-29-24(33-15-18-11-7-5-8-12-18)21(31)23-20(36-29)16-34-27(38-23)19-13-9-6-10-14-19/h5-14,17,20-29H,15-16,31H2,1-4H3/t17-,20+,21-,22-,23+,24-,25+,26+,27+,28+,29-/m0/s1. The van der Waals surface area contributed by atoms with Crippen LogP contribution in [-0.2, 0) is 49.2 Å². The van der Waals surface area contributed by atoms with Crippen LogP contribution in [0.25, 0.3) is 0 Å². The fourth-order valence-corrected chi connectivity index (χ4v) is 5.92. The summed E-state index contributed by atoms with van der Waals surface area (Å²) in [5.74, 6) is -0.823. The van der Waals surface area contributed by atoms with Crippen molar-refractivity contribution < 1.29 is 42.6 Å². The fraction of sp³-hybridized carbons (Fsp3) is 0.600. The minimum absolute atomic E-state index is 0.296. The number of fused-ring (bicyclic) bond motifs is 2. The van der Waals surface area contributed by atoms with E-state index in [2.05, 4.69) is 0 Å². The number of methoxy groups -OCH3 is 1. The molecule has 0 amide bonds. The molecule has 0 unspecified atom stereocenters. The zero-order chi connectivity index (χ0) is 27.9. The molecule has 6 rings (SSSR count). The van der Waals surface area contributed by atoms with Crippen LogP contribution in [-0.4, -0.2) is 80.9 Å². The van der Waals surface area contributed by atoms with Crippen molar-refractivity contribution in [2.24, 2.45) is 5.73 Å². The van der Waals surface area contributed by atoms with Crippen LogP contribution in [0.5, 0.6) is 0 Å². The van der Waals surface area contributed by atoms with E-state index in [4.69, 9.17) is 48.4 Å². The van der Waals surface area contributed by atoms with Crippen molar-refractivity contribution in [2.45, 2.75) is 101 Å². The fourth-order valence-electron chi connectivity index (χ4n) is 5.92. The lowest BCUT2D eigenvalue weighted by Gasteiger charge is -2.50. The largest absolute Gasteiger partial charge is 0.367 e. The molecule has 10 nitrogen and oxygen atoms in total. The highest BCUT2D eigenvalue weighted by Gasteiger charge is 2.57. The summed E-state index contributed by atoms with van der Waals surface area (Å²) in [6.45, 7) is 6.28. The minimum Gasteiger partial charge on any atom is -0.367 e. The van der Waals surface area contributed by atoms with Gasteiger partial charge in [0.15, 0.2) is 24.7 Å². The Morgan fingerprint density at radius 3 is 2.27 bits per heavy atom. The Bertz CT molecular complexity index is 1100. The van der Waals surface area contributed by atoms with Crippen molar-refractivity contribution in [1.29, 1.82) is 0 Å². The van der Waals surface area contributed by atoms with Crippen molar-refractivity contribution in [2.75, 3.05) is 13.7 Å². The first-order valence-electron chi connectivity index (χ1n) is 13.9. The maximum Gasteiger partial charge on any atom is 0.186 e. The highest BCUT2D eigenvalue weighted by molar-refractivity contribution is 5.17. The molecule has 0 aliphatic carbocycles. The predicted molar refractivity (Wildman–Crippen MR) is 142 cm³/mol. The summed E-state index contributed by atoms with van der Waals surface area (Å²) >= 11 is 0. The molecule has 0 aromatic heterocycles. The monoisotopic (exact) mass is 557 g/mol. The molecular weight excluding hydrogens is 518 g/mol. The van der Waals surface area contributed by atoms with Gasteiger partial charge in [-0.05, 0) is 26.3 Å². The van der Waals surface area contributed by atoms with Crippen LogP contribution in [0.4, 0.5) is 0 Å². The first-order valence-corrected chi connectivity index (χ1v) is 13.9. The van der Waals surface area contributed by atoms with E-state index in [1.807, 2.05) is 81.4 Å². The van der Waals surface area contributed by atoms with Gasteiger partial charge in [0, 0.05) is 12.7 Å². The Labute approximate surface area is 234 Å². The SMILES string of the molecule is CO[C@@H]1O[C@@H](C)[C@H](O[C@@H]2O[C@@H]3CO[C@@H](c4ccccc4)O[C@H]3[C@H](N)[C@@H]2OCc2ccccc2)[C@H]2OC(C)(C)O[C@@H]12. The van der Waals surface area contributed by atoms with E-state index >= 15 is 0 Å². The van der Waals surface area contributed by atoms with E-state index in [9.17, 15) is 0 Å². The topological polar surface area (TPSA) is 109 Å². The van der Waals surface area contributed by atoms with Crippen LogP contribution >= 0.6 is 0 Å². The maximum absolute atomic E-state index is 6.89. The van der Waals surface area contributed by atoms with Gasteiger partial charge in [-0.15, -0.1) is 0 Å². The molecule has 4 heterocycles. The van der Waals surface area contributed by atoms with Crippen LogP contribution in [0.15, 0.2) is 60.7 Å². The van der Waals surface area contributed by atoms with Crippen LogP contribution in [0.3, 0.4) is 0 Å². The van der Waals surface area contributed by atoms with Gasteiger partial charge in [-0.3, -0.25) is 0 Å². The van der Waals surface area contributed by atoms with E-state index < -0.39 is 67.3 Å². The minimum atomic E-state index is -0.830. The number of benzene rings is 2. The van der Waals surface area contributed by atoms with E-state index in [-0.39, 0.29) is 6.10 Å². The smallest absolute Gasteiger partial charge is 0.186 e. The molecule has 0 saturated carbocycles. The molecule has 10 heteroatoms. The summed E-state index contributed by atoms with van der Waals surface area (Å²) < 4.78 is 56.1. The van der Waals surface area contributed by atoms with Crippen LogP contribution in [0.2, 0.25) is 0 Å². The second-order valence-electron chi connectivity index (χ2n) is 11.2. The molecular formula is C30H39NO9. The van der Waals surface area contributed by atoms with Crippen molar-refractivity contribution in [3.05, 3.63) is 71.8 Å². The number of rotatable bonds is 7. The normalized spacial score (nSPS) is 40.8. The Hall–Kier alpha value is -1.96. The number of hydrogen-bond acceptors (Lipinski definition) is 10. The number of hydrogen-bond donors (Lipinski definition) is 1. The molecule has 2 aromatic rings. The van der Waals surface area contributed by atoms with Gasteiger partial charge in [0.2, 0.25) is 0 Å². The lowest BCUT2D eigenvalue weighted by Crippen LogP contribution is -2.67. The van der Waals surface area contributed by atoms with E-state index in [0.717, 1.165) is 11.1 Å². The average Bonchev–Trinajstić information content (AvgIpc) is 3.30. The number of nitrogens with two attached hydrogens (primary N) is 1. The Balaban J connectivity index is 1.23. The van der Waals surface area contributed by atoms with Crippen molar-refractivity contribution in [1.82, 2.24) is 0 Å². The molecule has 4 aliphatic rings. The summed E-state index contributed by atoms with van der Waals surface area (Å²) in [7, 11) is 1.59. The molecule has 0 spiro atoms. The van der Waals surface area contributed by atoms with Gasteiger partial charge in [-0.1, -0.05) is 60.7 Å². The predicted octanol–water partition coefficient (Wildman–Crippen LogP) is 3.03. The molecule has 11 atom stereocenters. The van der Waals surface area contributed by atoms with Gasteiger partial charge in [0.1, 0.15) is 36.6 Å². The third-order valence-electron chi connectivity index (χ3n) is 7.84. The molecule has 4 saturated heterocycles. The summed E-state index contributed by atoms with van der Waals surface area (Å²) in [6, 6.07) is 19.1. The highest BCUT2D eigenvalue weighted by Crippen LogP contribution is 2.41. The van der Waals surface area contributed by atoms with Gasteiger partial charge in [-0.25, -0.2) is 0 Å². The van der Waals surface area contributed by atoms with Crippen LogP contribution in [0, 0.1) is 0 Å². The third-order valence-corrected chi connectivity index (χ3v) is 7.84. The Morgan fingerprint density at radius 2 is 1.55 bits per heavy atom. The Kier molecular flexibility index (Phi) is 8.26. The molecule has 4 fully saturated rings. The maximum atomic E-state index is 6.89. The van der Waals surface area contributed by atoms with Crippen molar-refractivity contribution in [3.8, 4) is 0 Å². The summed E-state index contributed by atoms with van der Waals surface area (Å²) in [5.41, 5.74) is 8.82. The highest BCUT2D eigenvalue weighted by atomic mass is 16.8. The molecule has 4 aliphatic heterocycles. The molecule has 2 N–H and O–H groups in total. The van der Waals surface area contributed by atoms with Crippen LogP contribution < -0.4 is 5.73 Å². The van der Waals surface area contributed by atoms with Crippen LogP contribution in [0.1, 0.15) is 38.2 Å². The second kappa shape index (κ2) is 11.7. The number of ether oxygens (including phenoxy) is 9. The first-order chi connectivity index (χ1) is 19.3. The van der Waals surface area contributed by atoms with E-state index in [1.54, 1.807) is 7.11 Å². The third kappa shape index (κ3) is 5.71. The summed E-state index contributed by atoms with van der Waals surface area (Å²) in [6.07, 6.45) is -5.34. The second-order valence-corrected chi connectivity index (χ2v) is 11.2. The van der Waals surface area contributed by atoms with Gasteiger partial charge in [0.05, 0.1) is 25.4 Å². The van der Waals surface area contributed by atoms with Gasteiger partial charge < -0.3 is 48.4 Å². The quantitative estimate of drug-likeness (QED) is 0.546. The molecule has 218 valence electrons. The zero-order valence-electron chi connectivity index (χ0n) is 23.3. The van der Waals surface area contributed by atoms with Gasteiger partial charge in [-0.2, -0.15) is 0 Å². The average molecular weight is 558 g/mol. The van der Waals surface area contributed by atoms with E-state index in [0.29, 0.717) is 13.2 Å². The van der Waals surface area contributed by atoms with Gasteiger partial charge in [0.25, 0.3) is 0 Å². The van der Waals surface area contributed by atoms with Crippen molar-refractivity contribution >= 4 is 0 Å². The lowest BCUT2D eigenvalue weighted by molar-refractivity contribution is -0.368. The van der Waals surface area contributed by atoms with E-state index in [1.165, 1.54) is 0 Å². The molecule has 40 heavy (non-hydrogen) atoms. The molecule has 0 radical (unpaired) electrons. The zero-order valence-corrected chi connectivity index (χ0v) is 23.3. The molecule has 0 bridgehead atoms. The first kappa shape index (κ1) is 28.2.